The predicted octanol–water partition coefficient (Wildman–Crippen LogP) is 4.03. The van der Waals surface area contributed by atoms with E-state index in [-0.39, 0.29) is 17.5 Å². The fourth-order valence-electron chi connectivity index (χ4n) is 5.36. The molecule has 180 valence electrons. The van der Waals surface area contributed by atoms with Crippen LogP contribution in [0.4, 0.5) is 5.69 Å². The molecule has 2 aliphatic heterocycles. The zero-order valence-electron chi connectivity index (χ0n) is 19.5. The van der Waals surface area contributed by atoms with Gasteiger partial charge in [-0.05, 0) is 88.2 Å². The number of fused-ring (bicyclic) bond motifs is 1. The molecule has 0 unspecified atom stereocenters. The third kappa shape index (κ3) is 4.70. The molecule has 2 aliphatic rings. The summed E-state index contributed by atoms with van der Waals surface area (Å²) in [4.78, 5) is 18.2. The molecule has 5 rings (SSSR count). The van der Waals surface area contributed by atoms with Crippen molar-refractivity contribution < 1.29 is 5.11 Å². The number of likely N-dealkylation sites (tertiary alicyclic amines) is 2. The minimum Gasteiger partial charge on any atom is -0.506 e. The lowest BCUT2D eigenvalue weighted by molar-refractivity contribution is 0.267. The van der Waals surface area contributed by atoms with E-state index in [9.17, 15) is 9.90 Å². The van der Waals surface area contributed by atoms with E-state index in [1.165, 1.54) is 25.9 Å². The summed E-state index contributed by atoms with van der Waals surface area (Å²) in [5, 5.41) is 13.8. The van der Waals surface area contributed by atoms with E-state index in [0.29, 0.717) is 10.8 Å². The van der Waals surface area contributed by atoms with Crippen molar-refractivity contribution in [3.05, 3.63) is 59.0 Å². The number of nitrogens with zero attached hydrogens (tertiary/aromatic N) is 4. The first-order valence-corrected chi connectivity index (χ1v) is 12.8. The molecule has 0 atom stereocenters. The van der Waals surface area contributed by atoms with E-state index in [4.69, 9.17) is 12.2 Å². The molecule has 2 aromatic carbocycles. The molecule has 34 heavy (non-hydrogen) atoms. The SMILES string of the molecule is O=c1n(CCCN2CCCC2)c2ccccc2n1C1CCN(C(=S)Nc2ccccc2O)CC1. The first-order valence-electron chi connectivity index (χ1n) is 12.4. The highest BCUT2D eigenvalue weighted by Crippen LogP contribution is 2.27. The Morgan fingerprint density at radius 1 is 0.941 bits per heavy atom. The lowest BCUT2D eigenvalue weighted by atomic mass is 10.0. The van der Waals surface area contributed by atoms with Crippen molar-refractivity contribution in [2.45, 2.75) is 44.7 Å². The molecule has 2 N–H and O–H groups in total. The largest absolute Gasteiger partial charge is 0.506 e. The molecule has 0 spiro atoms. The number of nitrogens with one attached hydrogen (secondary N) is 1. The minimum atomic E-state index is 0.107. The highest BCUT2D eigenvalue weighted by molar-refractivity contribution is 7.80. The van der Waals surface area contributed by atoms with Crippen molar-refractivity contribution in [3.63, 3.8) is 0 Å². The average molecular weight is 480 g/mol. The summed E-state index contributed by atoms with van der Waals surface area (Å²) in [6.07, 6.45) is 5.29. The molecule has 0 radical (unpaired) electrons. The monoisotopic (exact) mass is 479 g/mol. The van der Waals surface area contributed by atoms with Gasteiger partial charge in [-0.3, -0.25) is 9.13 Å². The molecule has 0 amide bonds. The molecule has 2 saturated heterocycles. The molecule has 8 heteroatoms. The normalized spacial score (nSPS) is 17.5. The number of hydrogen-bond acceptors (Lipinski definition) is 4. The summed E-state index contributed by atoms with van der Waals surface area (Å²) in [6.45, 7) is 5.74. The smallest absolute Gasteiger partial charge is 0.329 e. The molecule has 0 bridgehead atoms. The number of imidazole rings is 1. The van der Waals surface area contributed by atoms with E-state index in [2.05, 4.69) is 27.2 Å². The summed E-state index contributed by atoms with van der Waals surface area (Å²) >= 11 is 5.60. The van der Waals surface area contributed by atoms with Crippen LogP contribution in [0.2, 0.25) is 0 Å². The number of aromatic nitrogens is 2. The summed E-state index contributed by atoms with van der Waals surface area (Å²) < 4.78 is 3.99. The summed E-state index contributed by atoms with van der Waals surface area (Å²) in [7, 11) is 0. The second-order valence-electron chi connectivity index (χ2n) is 9.36. The van der Waals surface area contributed by atoms with Gasteiger partial charge in [-0.25, -0.2) is 4.79 Å². The standard InChI is InChI=1S/C26H33N5O2S/c32-24-11-4-1-8-21(24)27-25(34)29-18-12-20(13-19-29)31-23-10-3-2-9-22(23)30(26(31)33)17-7-16-28-14-5-6-15-28/h1-4,8-11,20,32H,5-7,12-19H2,(H,27,34). The third-order valence-electron chi connectivity index (χ3n) is 7.19. The first kappa shape index (κ1) is 22.9. The highest BCUT2D eigenvalue weighted by Gasteiger charge is 2.26. The zero-order chi connectivity index (χ0) is 23.5. The summed E-state index contributed by atoms with van der Waals surface area (Å²) in [5.74, 6) is 0.184. The number of anilines is 1. The van der Waals surface area contributed by atoms with Crippen molar-refractivity contribution in [3.8, 4) is 5.75 Å². The van der Waals surface area contributed by atoms with Gasteiger partial charge >= 0.3 is 5.69 Å². The lowest BCUT2D eigenvalue weighted by Crippen LogP contribution is -2.42. The van der Waals surface area contributed by atoms with Crippen LogP contribution < -0.4 is 11.0 Å². The Balaban J connectivity index is 1.27. The quantitative estimate of drug-likeness (QED) is 0.411. The van der Waals surface area contributed by atoms with Crippen molar-refractivity contribution in [2.24, 2.45) is 0 Å². The molecule has 0 saturated carbocycles. The van der Waals surface area contributed by atoms with Crippen molar-refractivity contribution in [2.75, 3.05) is 38.0 Å². The van der Waals surface area contributed by atoms with E-state index in [0.717, 1.165) is 56.5 Å². The van der Waals surface area contributed by atoms with Gasteiger partial charge in [-0.1, -0.05) is 24.3 Å². The number of piperidine rings is 1. The molecule has 3 heterocycles. The van der Waals surface area contributed by atoms with Gasteiger partial charge in [0.1, 0.15) is 5.75 Å². The maximum atomic E-state index is 13.5. The van der Waals surface area contributed by atoms with Crippen LogP contribution in [0.1, 0.15) is 38.1 Å². The number of hydrogen-bond donors (Lipinski definition) is 2. The van der Waals surface area contributed by atoms with Gasteiger partial charge < -0.3 is 20.2 Å². The zero-order valence-corrected chi connectivity index (χ0v) is 20.3. The number of aromatic hydroxyl groups is 1. The van der Waals surface area contributed by atoms with E-state index in [1.54, 1.807) is 12.1 Å². The summed E-state index contributed by atoms with van der Waals surface area (Å²) in [5.41, 5.74) is 2.79. The number of thiocarbonyl (C=S) groups is 1. The Kier molecular flexibility index (Phi) is 6.87. The Bertz CT molecular complexity index is 1210. The molecule has 0 aliphatic carbocycles. The van der Waals surface area contributed by atoms with Crippen molar-refractivity contribution >= 4 is 34.1 Å². The van der Waals surface area contributed by atoms with E-state index < -0.39 is 0 Å². The van der Waals surface area contributed by atoms with E-state index >= 15 is 0 Å². The number of aryl methyl sites for hydroxylation is 1. The molecule has 3 aromatic rings. The van der Waals surface area contributed by atoms with Gasteiger partial charge in [0.25, 0.3) is 0 Å². The number of phenols is 1. The van der Waals surface area contributed by atoms with Crippen LogP contribution in [-0.4, -0.2) is 61.9 Å². The van der Waals surface area contributed by atoms with Crippen LogP contribution in [0, 0.1) is 0 Å². The molecule has 1 aromatic heterocycles. The highest BCUT2D eigenvalue weighted by atomic mass is 32.1. The average Bonchev–Trinajstić information content (AvgIpc) is 3.47. The van der Waals surface area contributed by atoms with Gasteiger partial charge in [-0.2, -0.15) is 0 Å². The van der Waals surface area contributed by atoms with Gasteiger partial charge in [-0.15, -0.1) is 0 Å². The molecular formula is C26H33N5O2S. The van der Waals surface area contributed by atoms with Crippen LogP contribution in [0.3, 0.4) is 0 Å². The van der Waals surface area contributed by atoms with E-state index in [1.807, 2.05) is 33.4 Å². The summed E-state index contributed by atoms with van der Waals surface area (Å²) in [6, 6.07) is 15.5. The molecular weight excluding hydrogens is 446 g/mol. The minimum absolute atomic E-state index is 0.107. The second-order valence-corrected chi connectivity index (χ2v) is 9.75. The van der Waals surface area contributed by atoms with Crippen LogP contribution >= 0.6 is 12.2 Å². The number of benzene rings is 2. The van der Waals surface area contributed by atoms with Crippen LogP contribution in [0.25, 0.3) is 11.0 Å². The van der Waals surface area contributed by atoms with Crippen molar-refractivity contribution in [1.82, 2.24) is 18.9 Å². The maximum absolute atomic E-state index is 13.5. The van der Waals surface area contributed by atoms with Gasteiger partial charge in [0, 0.05) is 25.7 Å². The fraction of sp³-hybridized carbons (Fsp3) is 0.462. The number of rotatable bonds is 6. The first-order chi connectivity index (χ1) is 16.6. The topological polar surface area (TPSA) is 65.7 Å². The van der Waals surface area contributed by atoms with Crippen LogP contribution in [0.5, 0.6) is 5.75 Å². The number of phenolic OH excluding ortho intramolecular Hbond substituents is 1. The van der Waals surface area contributed by atoms with Crippen molar-refractivity contribution in [1.29, 1.82) is 0 Å². The van der Waals surface area contributed by atoms with Gasteiger partial charge in [0.05, 0.1) is 16.7 Å². The molecule has 7 nitrogen and oxygen atoms in total. The second kappa shape index (κ2) is 10.2. The van der Waals surface area contributed by atoms with Crippen LogP contribution in [0.15, 0.2) is 53.3 Å². The Morgan fingerprint density at radius 3 is 2.35 bits per heavy atom. The predicted molar refractivity (Wildman–Crippen MR) is 141 cm³/mol. The Labute approximate surface area is 205 Å². The Hall–Kier alpha value is -2.84. The Morgan fingerprint density at radius 2 is 1.62 bits per heavy atom. The van der Waals surface area contributed by atoms with Gasteiger partial charge in [0.15, 0.2) is 5.11 Å². The third-order valence-corrected chi connectivity index (χ3v) is 7.55. The maximum Gasteiger partial charge on any atom is 0.329 e. The van der Waals surface area contributed by atoms with Gasteiger partial charge in [0.2, 0.25) is 0 Å². The number of para-hydroxylation sites is 4. The molecule has 2 fully saturated rings. The fourth-order valence-corrected chi connectivity index (χ4v) is 5.65. The van der Waals surface area contributed by atoms with Crippen LogP contribution in [-0.2, 0) is 6.54 Å². The lowest BCUT2D eigenvalue weighted by Gasteiger charge is -2.34.